The SMILES string of the molecule is O=CC(CN1CCNCC1)c1ccc(F)cc1. The van der Waals surface area contributed by atoms with E-state index >= 15 is 0 Å². The van der Waals surface area contributed by atoms with Crippen LogP contribution in [0.15, 0.2) is 24.3 Å². The van der Waals surface area contributed by atoms with Gasteiger partial charge in [-0.1, -0.05) is 12.1 Å². The number of carbonyl (C=O) groups excluding carboxylic acids is 1. The topological polar surface area (TPSA) is 32.3 Å². The second kappa shape index (κ2) is 5.89. The molecule has 1 unspecified atom stereocenters. The van der Waals surface area contributed by atoms with Gasteiger partial charge in [0, 0.05) is 32.7 Å². The molecule has 4 heteroatoms. The lowest BCUT2D eigenvalue weighted by atomic mass is 10.00. The first kappa shape index (κ1) is 12.2. The van der Waals surface area contributed by atoms with Gasteiger partial charge in [-0.25, -0.2) is 4.39 Å². The van der Waals surface area contributed by atoms with E-state index in [2.05, 4.69) is 10.2 Å². The number of hydrogen-bond acceptors (Lipinski definition) is 3. The maximum atomic E-state index is 12.8. The molecule has 1 N–H and O–H groups in total. The standard InChI is InChI=1S/C13H17FN2O/c14-13-3-1-11(2-4-13)12(10-17)9-16-7-5-15-6-8-16/h1-4,10,12,15H,5-9H2. The number of hydrogen-bond donors (Lipinski definition) is 1. The van der Waals surface area contributed by atoms with Crippen molar-refractivity contribution >= 4 is 6.29 Å². The fraction of sp³-hybridized carbons (Fsp3) is 0.462. The molecule has 1 aromatic rings. The highest BCUT2D eigenvalue weighted by molar-refractivity contribution is 5.62. The van der Waals surface area contributed by atoms with Crippen LogP contribution in [0.3, 0.4) is 0 Å². The van der Waals surface area contributed by atoms with Crippen molar-refractivity contribution in [2.24, 2.45) is 0 Å². The maximum Gasteiger partial charge on any atom is 0.128 e. The van der Waals surface area contributed by atoms with Crippen LogP contribution in [0.1, 0.15) is 11.5 Å². The van der Waals surface area contributed by atoms with Crippen LogP contribution in [0.5, 0.6) is 0 Å². The van der Waals surface area contributed by atoms with Crippen LogP contribution in [-0.4, -0.2) is 43.9 Å². The Hall–Kier alpha value is -1.26. The number of nitrogens with zero attached hydrogens (tertiary/aromatic N) is 1. The third-order valence-corrected chi connectivity index (χ3v) is 3.13. The van der Waals surface area contributed by atoms with E-state index < -0.39 is 0 Å². The van der Waals surface area contributed by atoms with Crippen LogP contribution >= 0.6 is 0 Å². The van der Waals surface area contributed by atoms with Gasteiger partial charge in [-0.05, 0) is 17.7 Å². The van der Waals surface area contributed by atoms with Crippen molar-refractivity contribution < 1.29 is 9.18 Å². The van der Waals surface area contributed by atoms with Gasteiger partial charge in [-0.3, -0.25) is 4.90 Å². The molecule has 0 aromatic heterocycles. The molecule has 92 valence electrons. The van der Waals surface area contributed by atoms with Gasteiger partial charge >= 0.3 is 0 Å². The third-order valence-electron chi connectivity index (χ3n) is 3.13. The lowest BCUT2D eigenvalue weighted by Gasteiger charge is -2.29. The Kier molecular flexibility index (Phi) is 4.23. The molecule has 3 nitrogen and oxygen atoms in total. The molecule has 0 aliphatic carbocycles. The van der Waals surface area contributed by atoms with Gasteiger partial charge in [0.15, 0.2) is 0 Å². The molecular weight excluding hydrogens is 219 g/mol. The van der Waals surface area contributed by atoms with E-state index in [9.17, 15) is 9.18 Å². The minimum atomic E-state index is -0.263. The Morgan fingerprint density at radius 2 is 1.94 bits per heavy atom. The molecule has 0 spiro atoms. The molecular formula is C13H17FN2O. The fourth-order valence-corrected chi connectivity index (χ4v) is 2.11. The average molecular weight is 236 g/mol. The molecule has 1 heterocycles. The zero-order valence-electron chi connectivity index (χ0n) is 9.73. The van der Waals surface area contributed by atoms with Crippen LogP contribution in [0.4, 0.5) is 4.39 Å². The molecule has 0 bridgehead atoms. The Labute approximate surface area is 101 Å². The van der Waals surface area contributed by atoms with E-state index in [1.54, 1.807) is 12.1 Å². The molecule has 17 heavy (non-hydrogen) atoms. The number of benzene rings is 1. The highest BCUT2D eigenvalue weighted by Gasteiger charge is 2.17. The van der Waals surface area contributed by atoms with Crippen molar-refractivity contribution in [2.45, 2.75) is 5.92 Å². The van der Waals surface area contributed by atoms with Crippen LogP contribution in [0.25, 0.3) is 0 Å². The summed E-state index contributed by atoms with van der Waals surface area (Å²) in [5.41, 5.74) is 0.889. The number of piperazine rings is 1. The predicted octanol–water partition coefficient (Wildman–Crippen LogP) is 1.01. The van der Waals surface area contributed by atoms with Crippen LogP contribution < -0.4 is 5.32 Å². The monoisotopic (exact) mass is 236 g/mol. The van der Waals surface area contributed by atoms with E-state index in [0.29, 0.717) is 0 Å². The van der Waals surface area contributed by atoms with E-state index in [1.807, 2.05) is 0 Å². The smallest absolute Gasteiger partial charge is 0.128 e. The van der Waals surface area contributed by atoms with Gasteiger partial charge < -0.3 is 10.1 Å². The second-order valence-corrected chi connectivity index (χ2v) is 4.34. The van der Waals surface area contributed by atoms with Crippen molar-refractivity contribution in [1.29, 1.82) is 0 Å². The van der Waals surface area contributed by atoms with Gasteiger partial charge in [0.25, 0.3) is 0 Å². The van der Waals surface area contributed by atoms with Crippen molar-refractivity contribution in [3.8, 4) is 0 Å². The van der Waals surface area contributed by atoms with E-state index in [1.165, 1.54) is 12.1 Å². The number of rotatable bonds is 4. The molecule has 0 radical (unpaired) electrons. The number of halogens is 1. The molecule has 0 saturated carbocycles. The predicted molar refractivity (Wildman–Crippen MR) is 64.5 cm³/mol. The number of nitrogens with one attached hydrogen (secondary N) is 1. The van der Waals surface area contributed by atoms with E-state index in [4.69, 9.17) is 0 Å². The fourth-order valence-electron chi connectivity index (χ4n) is 2.11. The third kappa shape index (κ3) is 3.35. The second-order valence-electron chi connectivity index (χ2n) is 4.34. The minimum Gasteiger partial charge on any atom is -0.314 e. The van der Waals surface area contributed by atoms with Crippen molar-refractivity contribution in [2.75, 3.05) is 32.7 Å². The Balaban J connectivity index is 2.00. The zero-order valence-corrected chi connectivity index (χ0v) is 9.73. The maximum absolute atomic E-state index is 12.8. The lowest BCUT2D eigenvalue weighted by Crippen LogP contribution is -2.45. The molecule has 0 amide bonds. The van der Waals surface area contributed by atoms with Gasteiger partial charge in [-0.15, -0.1) is 0 Å². The molecule has 2 rings (SSSR count). The van der Waals surface area contributed by atoms with Crippen molar-refractivity contribution in [3.05, 3.63) is 35.6 Å². The summed E-state index contributed by atoms with van der Waals surface area (Å²) in [5, 5.41) is 3.27. The summed E-state index contributed by atoms with van der Waals surface area (Å²) in [5.74, 6) is -0.422. The number of aldehydes is 1. The summed E-state index contributed by atoms with van der Waals surface area (Å²) in [4.78, 5) is 13.4. The zero-order chi connectivity index (χ0) is 12.1. The van der Waals surface area contributed by atoms with Gasteiger partial charge in [0.1, 0.15) is 12.1 Å². The Bertz CT molecular complexity index is 360. The van der Waals surface area contributed by atoms with E-state index in [-0.39, 0.29) is 11.7 Å². The molecule has 1 aliphatic heterocycles. The molecule has 1 saturated heterocycles. The summed E-state index contributed by atoms with van der Waals surface area (Å²) in [6.07, 6.45) is 0.954. The minimum absolute atomic E-state index is 0.159. The largest absolute Gasteiger partial charge is 0.314 e. The van der Waals surface area contributed by atoms with E-state index in [0.717, 1.165) is 44.6 Å². The highest BCUT2D eigenvalue weighted by Crippen LogP contribution is 2.16. The van der Waals surface area contributed by atoms with Crippen molar-refractivity contribution in [3.63, 3.8) is 0 Å². The summed E-state index contributed by atoms with van der Waals surface area (Å²) in [6.45, 7) is 4.58. The van der Waals surface area contributed by atoms with Gasteiger partial charge in [0.05, 0.1) is 5.92 Å². The van der Waals surface area contributed by atoms with Crippen LogP contribution in [0, 0.1) is 5.82 Å². The van der Waals surface area contributed by atoms with Crippen LogP contribution in [-0.2, 0) is 4.79 Å². The summed E-state index contributed by atoms with van der Waals surface area (Å²) in [7, 11) is 0. The molecule has 1 fully saturated rings. The van der Waals surface area contributed by atoms with Crippen LogP contribution in [0.2, 0.25) is 0 Å². The molecule has 1 atom stereocenters. The first-order chi connectivity index (χ1) is 8.29. The average Bonchev–Trinajstić information content (AvgIpc) is 2.38. The van der Waals surface area contributed by atoms with Crippen molar-refractivity contribution in [1.82, 2.24) is 10.2 Å². The molecule has 1 aromatic carbocycles. The normalized spacial score (nSPS) is 18.9. The number of carbonyl (C=O) groups is 1. The first-order valence-electron chi connectivity index (χ1n) is 5.93. The van der Waals surface area contributed by atoms with Gasteiger partial charge in [-0.2, -0.15) is 0 Å². The molecule has 1 aliphatic rings. The Morgan fingerprint density at radius 3 is 2.53 bits per heavy atom. The highest BCUT2D eigenvalue weighted by atomic mass is 19.1. The van der Waals surface area contributed by atoms with Gasteiger partial charge in [0.2, 0.25) is 0 Å². The Morgan fingerprint density at radius 1 is 1.29 bits per heavy atom. The first-order valence-corrected chi connectivity index (χ1v) is 5.93. The quantitative estimate of drug-likeness (QED) is 0.792. The lowest BCUT2D eigenvalue weighted by molar-refractivity contribution is -0.109. The summed E-state index contributed by atoms with van der Waals surface area (Å²) in [6, 6.07) is 6.19. The summed E-state index contributed by atoms with van der Waals surface area (Å²) < 4.78 is 12.8. The summed E-state index contributed by atoms with van der Waals surface area (Å²) >= 11 is 0.